The number of rotatable bonds is 3. The van der Waals surface area contributed by atoms with Crippen LogP contribution in [-0.4, -0.2) is 35.1 Å². The molecule has 2 heterocycles. The van der Waals surface area contributed by atoms with Crippen LogP contribution in [0.4, 0.5) is 0 Å². The van der Waals surface area contributed by atoms with Gasteiger partial charge in [0.15, 0.2) is 0 Å². The molecule has 3 heteroatoms. The molecule has 128 valence electrons. The molecule has 2 aliphatic heterocycles. The number of fused-ring (bicyclic) bond motifs is 4. The molecule has 0 unspecified atom stereocenters. The van der Waals surface area contributed by atoms with Gasteiger partial charge in [0.25, 0.3) is 0 Å². The molecule has 5 rings (SSSR count). The normalized spacial score (nSPS) is 61.5. The van der Waals surface area contributed by atoms with E-state index in [9.17, 15) is 5.11 Å². The Hall–Kier alpha value is -0.380. The molecule has 0 bridgehead atoms. The van der Waals surface area contributed by atoms with Gasteiger partial charge in [0.2, 0.25) is 0 Å². The maximum atomic E-state index is 10.8. The first kappa shape index (κ1) is 14.9. The molecule has 2 saturated heterocycles. The third-order valence-electron chi connectivity index (χ3n) is 8.34. The lowest BCUT2D eigenvalue weighted by Gasteiger charge is -2.58. The first-order valence-electron chi connectivity index (χ1n) is 9.47. The predicted octanol–water partition coefficient (Wildman–Crippen LogP) is 3.17. The highest BCUT2D eigenvalue weighted by Crippen LogP contribution is 2.73. The topological polar surface area (TPSA) is 45.3 Å². The summed E-state index contributed by atoms with van der Waals surface area (Å²) in [5.74, 6) is 3.39. The number of ether oxygens (including phenoxy) is 2. The molecule has 23 heavy (non-hydrogen) atoms. The molecule has 5 aliphatic rings. The van der Waals surface area contributed by atoms with Gasteiger partial charge >= 0.3 is 0 Å². The number of hydrogen-bond acceptors (Lipinski definition) is 3. The van der Waals surface area contributed by atoms with Crippen LogP contribution in [0.2, 0.25) is 0 Å². The molecular weight excluding hydrogens is 288 g/mol. The number of aliphatic hydroxyl groups is 1. The summed E-state index contributed by atoms with van der Waals surface area (Å²) in [6, 6.07) is 0. The summed E-state index contributed by atoms with van der Waals surface area (Å²) < 4.78 is 11.7. The second-order valence-electron chi connectivity index (χ2n) is 9.73. The Labute approximate surface area is 139 Å². The van der Waals surface area contributed by atoms with Gasteiger partial charge in [-0.1, -0.05) is 26.8 Å². The van der Waals surface area contributed by atoms with E-state index < -0.39 is 0 Å². The quantitative estimate of drug-likeness (QED) is 0.642. The lowest BCUT2D eigenvalue weighted by molar-refractivity contribution is -0.143. The maximum absolute atomic E-state index is 10.8. The Kier molecular flexibility index (Phi) is 2.74. The minimum atomic E-state index is -0.161. The van der Waals surface area contributed by atoms with Crippen molar-refractivity contribution in [3.63, 3.8) is 0 Å². The lowest BCUT2D eigenvalue weighted by Crippen LogP contribution is -2.57. The summed E-state index contributed by atoms with van der Waals surface area (Å²) in [4.78, 5) is 0. The van der Waals surface area contributed by atoms with Gasteiger partial charge < -0.3 is 14.6 Å². The molecule has 0 spiro atoms. The van der Waals surface area contributed by atoms with E-state index in [0.717, 1.165) is 24.2 Å². The van der Waals surface area contributed by atoms with E-state index in [2.05, 4.69) is 34.3 Å². The third-order valence-corrected chi connectivity index (χ3v) is 8.34. The summed E-state index contributed by atoms with van der Waals surface area (Å²) >= 11 is 0. The predicted molar refractivity (Wildman–Crippen MR) is 87.8 cm³/mol. The van der Waals surface area contributed by atoms with Gasteiger partial charge in [-0.05, 0) is 61.9 Å². The van der Waals surface area contributed by atoms with Crippen molar-refractivity contribution in [2.24, 2.45) is 35.0 Å². The van der Waals surface area contributed by atoms with E-state index in [1.165, 1.54) is 18.4 Å². The zero-order valence-electron chi connectivity index (χ0n) is 14.8. The smallest absolute Gasteiger partial charge is 0.117 e. The number of epoxide rings is 2. The average Bonchev–Trinajstić information content (AvgIpc) is 3.32. The molecule has 0 radical (unpaired) electrons. The van der Waals surface area contributed by atoms with Gasteiger partial charge in [0, 0.05) is 5.41 Å². The molecule has 0 aromatic rings. The summed E-state index contributed by atoms with van der Waals surface area (Å²) in [6.45, 7) is 13.5. The molecule has 3 nitrogen and oxygen atoms in total. The first-order valence-corrected chi connectivity index (χ1v) is 9.47. The van der Waals surface area contributed by atoms with Gasteiger partial charge in [0.1, 0.15) is 18.3 Å². The zero-order chi connectivity index (χ0) is 16.3. The highest BCUT2D eigenvalue weighted by Gasteiger charge is 2.72. The molecule has 3 saturated carbocycles. The highest BCUT2D eigenvalue weighted by molar-refractivity contribution is 5.29. The molecule has 3 aliphatic carbocycles. The Bertz CT molecular complexity index is 569. The van der Waals surface area contributed by atoms with E-state index in [1.807, 2.05) is 0 Å². The fourth-order valence-electron chi connectivity index (χ4n) is 6.91. The van der Waals surface area contributed by atoms with Crippen LogP contribution in [0.15, 0.2) is 12.2 Å². The van der Waals surface area contributed by atoms with Crippen LogP contribution < -0.4 is 0 Å². The Morgan fingerprint density at radius 3 is 2.57 bits per heavy atom. The molecule has 0 amide bonds. The van der Waals surface area contributed by atoms with Crippen molar-refractivity contribution in [2.45, 2.75) is 77.0 Å². The van der Waals surface area contributed by atoms with Crippen LogP contribution in [0.5, 0.6) is 0 Å². The monoisotopic (exact) mass is 318 g/mol. The van der Waals surface area contributed by atoms with Gasteiger partial charge in [-0.3, -0.25) is 0 Å². The highest BCUT2D eigenvalue weighted by atomic mass is 16.7. The van der Waals surface area contributed by atoms with Crippen molar-refractivity contribution in [2.75, 3.05) is 0 Å². The summed E-state index contributed by atoms with van der Waals surface area (Å²) in [5.41, 5.74) is 1.35. The molecule has 1 N–H and O–H groups in total. The van der Waals surface area contributed by atoms with E-state index in [1.54, 1.807) is 0 Å². The largest absolute Gasteiger partial charge is 0.393 e. The van der Waals surface area contributed by atoms with Crippen LogP contribution in [0, 0.1) is 35.0 Å². The minimum absolute atomic E-state index is 0.0229. The van der Waals surface area contributed by atoms with E-state index in [4.69, 9.17) is 9.47 Å². The van der Waals surface area contributed by atoms with Gasteiger partial charge in [-0.2, -0.15) is 0 Å². The van der Waals surface area contributed by atoms with Crippen molar-refractivity contribution in [3.05, 3.63) is 12.2 Å². The Balaban J connectivity index is 1.35. The van der Waals surface area contributed by atoms with Crippen LogP contribution in [0.3, 0.4) is 0 Å². The SMILES string of the molecule is C=C([C@H]1O[C@@H]1[C@@H]1OC1(C)C)[C@@H]1C[C@@H](O)[C@@]2(C)[C@@H]1[C@@H]1[C@H](C)CC[C@@H]12. The molecular formula is C20H30O3. The maximum Gasteiger partial charge on any atom is 0.117 e. The average molecular weight is 318 g/mol. The van der Waals surface area contributed by atoms with Crippen molar-refractivity contribution in [1.82, 2.24) is 0 Å². The van der Waals surface area contributed by atoms with Crippen LogP contribution in [-0.2, 0) is 9.47 Å². The summed E-state index contributed by atoms with van der Waals surface area (Å²) in [7, 11) is 0. The second-order valence-corrected chi connectivity index (χ2v) is 9.73. The number of aliphatic hydroxyl groups excluding tert-OH is 1. The fourth-order valence-corrected chi connectivity index (χ4v) is 6.91. The fraction of sp³-hybridized carbons (Fsp3) is 0.900. The van der Waals surface area contributed by atoms with Crippen molar-refractivity contribution in [3.8, 4) is 0 Å². The molecule has 10 atom stereocenters. The van der Waals surface area contributed by atoms with Gasteiger partial charge in [-0.25, -0.2) is 0 Å². The molecule has 0 aromatic carbocycles. The lowest BCUT2D eigenvalue weighted by atomic mass is 9.46. The Morgan fingerprint density at radius 1 is 1.22 bits per heavy atom. The van der Waals surface area contributed by atoms with Gasteiger partial charge in [0.05, 0.1) is 11.7 Å². The summed E-state index contributed by atoms with van der Waals surface area (Å²) in [5, 5.41) is 10.8. The number of hydrogen-bond donors (Lipinski definition) is 1. The Morgan fingerprint density at radius 2 is 1.91 bits per heavy atom. The third kappa shape index (κ3) is 1.72. The molecule has 5 fully saturated rings. The van der Waals surface area contributed by atoms with E-state index in [0.29, 0.717) is 11.8 Å². The van der Waals surface area contributed by atoms with Crippen LogP contribution in [0.25, 0.3) is 0 Å². The van der Waals surface area contributed by atoms with Crippen LogP contribution >= 0.6 is 0 Å². The van der Waals surface area contributed by atoms with E-state index >= 15 is 0 Å². The summed E-state index contributed by atoms with van der Waals surface area (Å²) in [6.07, 6.45) is 3.98. The van der Waals surface area contributed by atoms with Crippen LogP contribution in [0.1, 0.15) is 47.0 Å². The second kappa shape index (κ2) is 4.23. The standard InChI is InChI=1S/C20H30O3/c1-9-6-7-12-14(9)15-11(8-13(21)20(12,15)5)10(2)16-17(22-16)18-19(3,4)23-18/h9,11-18,21H,2,6-8H2,1,3-5H3/t9-,11+,12+,13-,14-,15+,16-,17+,18+,20+/m1/s1. The van der Waals surface area contributed by atoms with Crippen molar-refractivity contribution in [1.29, 1.82) is 0 Å². The first-order chi connectivity index (χ1) is 10.8. The van der Waals surface area contributed by atoms with Crippen molar-refractivity contribution < 1.29 is 14.6 Å². The molecule has 0 aromatic heterocycles. The minimum Gasteiger partial charge on any atom is -0.393 e. The van der Waals surface area contributed by atoms with Crippen molar-refractivity contribution >= 4 is 0 Å². The van der Waals surface area contributed by atoms with Gasteiger partial charge in [-0.15, -0.1) is 0 Å². The van der Waals surface area contributed by atoms with E-state index in [-0.39, 0.29) is 35.4 Å². The zero-order valence-corrected chi connectivity index (χ0v) is 14.8.